The summed E-state index contributed by atoms with van der Waals surface area (Å²) < 4.78 is 0. The molecule has 0 amide bonds. The molecule has 4 unspecified atom stereocenters. The van der Waals surface area contributed by atoms with Gasteiger partial charge in [0.25, 0.3) is 0 Å². The highest BCUT2D eigenvalue weighted by Gasteiger charge is 2.89. The van der Waals surface area contributed by atoms with Crippen molar-refractivity contribution >= 4 is 28.1 Å². The summed E-state index contributed by atoms with van der Waals surface area (Å²) in [6.07, 6.45) is 4.02. The van der Waals surface area contributed by atoms with Crippen LogP contribution in [0.3, 0.4) is 0 Å². The average Bonchev–Trinajstić information content (AvgIpc) is 3.25. The summed E-state index contributed by atoms with van der Waals surface area (Å²) in [5, 5.41) is 1.93. The molecule has 0 aromatic heterocycles. The summed E-state index contributed by atoms with van der Waals surface area (Å²) in [7, 11) is 0. The number of benzene rings is 4. The van der Waals surface area contributed by atoms with E-state index in [1.54, 1.807) is 6.92 Å². The lowest BCUT2D eigenvalue weighted by Gasteiger charge is -2.26. The van der Waals surface area contributed by atoms with E-state index in [0.717, 1.165) is 27.5 Å². The van der Waals surface area contributed by atoms with Crippen LogP contribution in [0.4, 0.5) is 0 Å². The Kier molecular flexibility index (Phi) is 4.11. The second-order valence-electron chi connectivity index (χ2n) is 10.3. The molecule has 1 fully saturated rings. The van der Waals surface area contributed by atoms with Crippen molar-refractivity contribution in [2.45, 2.75) is 25.7 Å². The molecule has 36 heavy (non-hydrogen) atoms. The number of rotatable bonds is 5. The maximum atomic E-state index is 14.5. The van der Waals surface area contributed by atoms with E-state index < -0.39 is 10.8 Å². The van der Waals surface area contributed by atoms with E-state index in [4.69, 9.17) is 0 Å². The van der Waals surface area contributed by atoms with Gasteiger partial charge in [-0.25, -0.2) is 0 Å². The highest BCUT2D eigenvalue weighted by molar-refractivity contribution is 6.21. The van der Waals surface area contributed by atoms with Crippen molar-refractivity contribution in [3.05, 3.63) is 130 Å². The third-order valence-electron chi connectivity index (χ3n) is 8.89. The first kappa shape index (κ1) is 21.2. The lowest BCUT2D eigenvalue weighted by molar-refractivity contribution is 0.0800. The minimum absolute atomic E-state index is 0.00801. The fourth-order valence-corrected chi connectivity index (χ4v) is 7.61. The van der Waals surface area contributed by atoms with Crippen LogP contribution >= 0.6 is 0 Å². The third kappa shape index (κ3) is 2.22. The van der Waals surface area contributed by atoms with Gasteiger partial charge in [0.2, 0.25) is 0 Å². The van der Waals surface area contributed by atoms with Crippen LogP contribution in [0.25, 0.3) is 10.8 Å². The number of carbonyl (C=O) groups excluding carboxylic acids is 3. The summed E-state index contributed by atoms with van der Waals surface area (Å²) in [6, 6.07) is 26.6. The van der Waals surface area contributed by atoms with E-state index in [1.165, 1.54) is 0 Å². The molecule has 174 valence electrons. The number of fused-ring (bicyclic) bond motifs is 5. The van der Waals surface area contributed by atoms with Gasteiger partial charge in [-0.2, -0.15) is 0 Å². The molecule has 3 nitrogen and oxygen atoms in total. The smallest absolute Gasteiger partial charge is 0.174 e. The van der Waals surface area contributed by atoms with Crippen LogP contribution in [-0.2, 0) is 0 Å². The van der Waals surface area contributed by atoms with E-state index in [2.05, 4.69) is 6.92 Å². The lowest BCUT2D eigenvalue weighted by Crippen LogP contribution is -2.30. The Hall–Kier alpha value is -4.11. The molecule has 4 aromatic carbocycles. The average molecular weight is 469 g/mol. The van der Waals surface area contributed by atoms with E-state index in [9.17, 15) is 14.4 Å². The molecule has 0 heterocycles. The monoisotopic (exact) mass is 468 g/mol. The first-order valence-electron chi connectivity index (χ1n) is 12.4. The predicted octanol–water partition coefficient (Wildman–Crippen LogP) is 6.85. The summed E-state index contributed by atoms with van der Waals surface area (Å²) in [5.74, 6) is -0.648. The van der Waals surface area contributed by atoms with E-state index >= 15 is 0 Å². The first-order valence-corrected chi connectivity index (χ1v) is 12.4. The van der Waals surface area contributed by atoms with E-state index in [1.807, 2.05) is 97.1 Å². The largest absolute Gasteiger partial charge is 0.294 e. The summed E-state index contributed by atoms with van der Waals surface area (Å²) in [5.41, 5.74) is 3.05. The SMILES string of the molecule is CC(=O)c1c2c(c(C)c3ccccc13)C1C3(C(=O)c4ccccc4)C=CC2C13C(=O)c1ccccc1. The van der Waals surface area contributed by atoms with Crippen LogP contribution in [0.1, 0.15) is 66.5 Å². The van der Waals surface area contributed by atoms with Crippen LogP contribution in [-0.4, -0.2) is 17.3 Å². The molecule has 0 saturated heterocycles. The van der Waals surface area contributed by atoms with Crippen LogP contribution in [0.15, 0.2) is 97.1 Å². The number of ketones is 3. The Morgan fingerprint density at radius 2 is 1.25 bits per heavy atom. The minimum atomic E-state index is -0.948. The quantitative estimate of drug-likeness (QED) is 0.238. The molecule has 3 aliphatic rings. The second kappa shape index (κ2) is 6.98. The van der Waals surface area contributed by atoms with Crippen LogP contribution in [0, 0.1) is 17.8 Å². The zero-order chi connectivity index (χ0) is 24.8. The van der Waals surface area contributed by atoms with E-state index in [-0.39, 0.29) is 29.2 Å². The van der Waals surface area contributed by atoms with Crippen molar-refractivity contribution < 1.29 is 14.4 Å². The van der Waals surface area contributed by atoms with Crippen molar-refractivity contribution in [3.8, 4) is 0 Å². The van der Waals surface area contributed by atoms with Crippen molar-refractivity contribution in [2.24, 2.45) is 10.8 Å². The first-order chi connectivity index (χ1) is 17.5. The van der Waals surface area contributed by atoms with Crippen molar-refractivity contribution in [3.63, 3.8) is 0 Å². The highest BCUT2D eigenvalue weighted by Crippen LogP contribution is 2.89. The molecule has 0 radical (unpaired) electrons. The Labute approximate surface area is 209 Å². The molecule has 4 aromatic rings. The highest BCUT2D eigenvalue weighted by atomic mass is 16.1. The third-order valence-corrected chi connectivity index (χ3v) is 8.89. The summed E-state index contributed by atoms with van der Waals surface area (Å²) in [4.78, 5) is 41.9. The van der Waals surface area contributed by atoms with Crippen molar-refractivity contribution in [1.29, 1.82) is 0 Å². The van der Waals surface area contributed by atoms with Gasteiger partial charge in [-0.15, -0.1) is 0 Å². The number of hydrogen-bond acceptors (Lipinski definition) is 3. The predicted molar refractivity (Wildman–Crippen MR) is 140 cm³/mol. The van der Waals surface area contributed by atoms with Gasteiger partial charge >= 0.3 is 0 Å². The Bertz CT molecular complexity index is 1660. The van der Waals surface area contributed by atoms with Gasteiger partial charge in [0.05, 0.1) is 10.8 Å². The summed E-state index contributed by atoms with van der Waals surface area (Å²) >= 11 is 0. The molecule has 3 heteroatoms. The minimum Gasteiger partial charge on any atom is -0.294 e. The van der Waals surface area contributed by atoms with Gasteiger partial charge in [0.1, 0.15) is 0 Å². The van der Waals surface area contributed by atoms with Gasteiger partial charge in [-0.1, -0.05) is 97.1 Å². The molecule has 4 atom stereocenters. The lowest BCUT2D eigenvalue weighted by atomic mass is 9.74. The standard InChI is InChI=1S/C33H24O3/c1-19-23-15-9-10-16-24(23)27(20(2)34)28-25-17-18-32(30(35)21-11-5-3-6-12-21)29(26(19)28)33(25,32)31(36)22-13-7-4-8-14-22/h3-18,25,29H,1-2H3. The second-order valence-corrected chi connectivity index (χ2v) is 10.3. The normalized spacial score (nSPS) is 26.5. The zero-order valence-electron chi connectivity index (χ0n) is 20.1. The van der Waals surface area contributed by atoms with Crippen LogP contribution in [0.5, 0.6) is 0 Å². The number of carbonyl (C=O) groups is 3. The van der Waals surface area contributed by atoms with Gasteiger partial charge in [-0.05, 0) is 41.3 Å². The van der Waals surface area contributed by atoms with Gasteiger partial charge in [-0.3, -0.25) is 14.4 Å². The molecular formula is C33H24O3. The fourth-order valence-electron chi connectivity index (χ4n) is 7.61. The van der Waals surface area contributed by atoms with Crippen molar-refractivity contribution in [1.82, 2.24) is 0 Å². The number of allylic oxidation sites excluding steroid dienone is 2. The Balaban J connectivity index is 1.56. The zero-order valence-corrected chi connectivity index (χ0v) is 20.1. The fraction of sp³-hybridized carbons (Fsp3) is 0.182. The molecule has 7 rings (SSSR count). The van der Waals surface area contributed by atoms with Gasteiger partial charge < -0.3 is 0 Å². The summed E-state index contributed by atoms with van der Waals surface area (Å²) in [6.45, 7) is 3.68. The molecule has 1 saturated carbocycles. The maximum absolute atomic E-state index is 14.5. The van der Waals surface area contributed by atoms with Gasteiger partial charge in [0.15, 0.2) is 17.3 Å². The molecule has 0 N–H and O–H groups in total. The number of aryl methyl sites for hydroxylation is 1. The van der Waals surface area contributed by atoms with Crippen LogP contribution < -0.4 is 0 Å². The Morgan fingerprint density at radius 1 is 0.694 bits per heavy atom. The molecular weight excluding hydrogens is 444 g/mol. The Morgan fingerprint density at radius 3 is 1.86 bits per heavy atom. The molecule has 3 aliphatic carbocycles. The molecule has 0 aliphatic heterocycles. The number of hydrogen-bond donors (Lipinski definition) is 0. The van der Waals surface area contributed by atoms with Crippen molar-refractivity contribution in [2.75, 3.05) is 0 Å². The number of Topliss-reactive ketones (excluding diaryl/α,β-unsaturated/α-hetero) is 3. The molecule has 0 bridgehead atoms. The van der Waals surface area contributed by atoms with Crippen LogP contribution in [0.2, 0.25) is 0 Å². The maximum Gasteiger partial charge on any atom is 0.174 e. The van der Waals surface area contributed by atoms with Gasteiger partial charge in [0, 0.05) is 28.5 Å². The molecule has 0 spiro atoms. The van der Waals surface area contributed by atoms with E-state index in [0.29, 0.717) is 16.7 Å². The topological polar surface area (TPSA) is 51.2 Å².